The highest BCUT2D eigenvalue weighted by Crippen LogP contribution is 2.30. The average molecular weight is 192 g/mol. The van der Waals surface area contributed by atoms with Crippen LogP contribution in [0.25, 0.3) is 11.0 Å². The Labute approximate surface area is 80.9 Å². The fourth-order valence-electron chi connectivity index (χ4n) is 1.36. The molecule has 2 aromatic rings. The molecule has 1 heterocycles. The summed E-state index contributed by atoms with van der Waals surface area (Å²) in [5.41, 5.74) is 1.43. The largest absolute Gasteiger partial charge is 0.709 e. The van der Waals surface area contributed by atoms with Crippen molar-refractivity contribution in [3.8, 4) is 5.95 Å². The number of aryl methyl sites for hydroxylation is 1. The summed E-state index contributed by atoms with van der Waals surface area (Å²) in [5.74, 6) is 0.140. The van der Waals surface area contributed by atoms with Crippen LogP contribution < -0.4 is 4.65 Å². The second-order valence-corrected chi connectivity index (χ2v) is 2.95. The molecule has 2 rings (SSSR count). The minimum atomic E-state index is -1.85. The highest BCUT2D eigenvalue weighted by atomic mass is 16.7. The van der Waals surface area contributed by atoms with Gasteiger partial charge < -0.3 is 19.1 Å². The molecule has 0 unspecified atom stereocenters. The number of rotatable bonds is 2. The van der Waals surface area contributed by atoms with Crippen LogP contribution in [-0.2, 0) is 0 Å². The van der Waals surface area contributed by atoms with Crippen molar-refractivity contribution < 1.29 is 19.1 Å². The van der Waals surface area contributed by atoms with Crippen molar-refractivity contribution in [1.29, 1.82) is 0 Å². The maximum Gasteiger partial charge on any atom is 0.709 e. The summed E-state index contributed by atoms with van der Waals surface area (Å²) in [5, 5.41) is 18.2. The van der Waals surface area contributed by atoms with Gasteiger partial charge in [0.05, 0.1) is 0 Å². The van der Waals surface area contributed by atoms with Crippen molar-refractivity contribution in [2.45, 2.75) is 6.92 Å². The molecule has 1 aromatic heterocycles. The van der Waals surface area contributed by atoms with Crippen molar-refractivity contribution in [1.82, 2.24) is 0 Å². The maximum atomic E-state index is 8.63. The van der Waals surface area contributed by atoms with Gasteiger partial charge in [0.2, 0.25) is 0 Å². The summed E-state index contributed by atoms with van der Waals surface area (Å²) in [7, 11) is -1.85. The van der Waals surface area contributed by atoms with Gasteiger partial charge in [0.1, 0.15) is 5.58 Å². The Hall–Kier alpha value is -1.46. The number of furan rings is 1. The van der Waals surface area contributed by atoms with Gasteiger partial charge >= 0.3 is 7.32 Å². The van der Waals surface area contributed by atoms with Gasteiger partial charge in [-0.3, -0.25) is 0 Å². The fourth-order valence-corrected chi connectivity index (χ4v) is 1.36. The van der Waals surface area contributed by atoms with Crippen LogP contribution in [0.4, 0.5) is 0 Å². The second-order valence-electron chi connectivity index (χ2n) is 2.95. The standard InChI is InChI=1S/C9H9BO4/c1-6-7-4-2-3-5-8(7)13-9(6)14-10(11)12/h2-5,11-12H,1H3. The lowest BCUT2D eigenvalue weighted by atomic mass is 10.2. The predicted octanol–water partition coefficient (Wildman–Crippen LogP) is 1.09. The molecule has 72 valence electrons. The summed E-state index contributed by atoms with van der Waals surface area (Å²) in [6.45, 7) is 1.80. The van der Waals surface area contributed by atoms with Gasteiger partial charge in [0.25, 0.3) is 5.95 Å². The Morgan fingerprint density at radius 2 is 2.00 bits per heavy atom. The molecule has 0 fully saturated rings. The Morgan fingerprint density at radius 1 is 1.29 bits per heavy atom. The molecule has 14 heavy (non-hydrogen) atoms. The number of benzene rings is 1. The average Bonchev–Trinajstić information content (AvgIpc) is 2.44. The van der Waals surface area contributed by atoms with Crippen LogP contribution in [0.5, 0.6) is 5.95 Å². The van der Waals surface area contributed by atoms with Crippen molar-refractivity contribution >= 4 is 18.3 Å². The maximum absolute atomic E-state index is 8.63. The van der Waals surface area contributed by atoms with Crippen LogP contribution in [0, 0.1) is 6.92 Å². The molecule has 4 nitrogen and oxygen atoms in total. The van der Waals surface area contributed by atoms with Gasteiger partial charge in [-0.25, -0.2) is 0 Å². The van der Waals surface area contributed by atoms with Crippen molar-refractivity contribution in [3.05, 3.63) is 29.8 Å². The van der Waals surface area contributed by atoms with Gasteiger partial charge in [-0.05, 0) is 13.0 Å². The van der Waals surface area contributed by atoms with Crippen LogP contribution >= 0.6 is 0 Å². The van der Waals surface area contributed by atoms with Gasteiger partial charge in [0, 0.05) is 10.9 Å². The molecule has 0 bridgehead atoms. The van der Waals surface area contributed by atoms with E-state index in [0.717, 1.165) is 10.9 Å². The van der Waals surface area contributed by atoms with Gasteiger partial charge in [-0.2, -0.15) is 0 Å². The highest BCUT2D eigenvalue weighted by Gasteiger charge is 2.18. The zero-order chi connectivity index (χ0) is 10.1. The lowest BCUT2D eigenvalue weighted by Crippen LogP contribution is -2.20. The summed E-state index contributed by atoms with van der Waals surface area (Å²) in [6.07, 6.45) is 0. The normalized spacial score (nSPS) is 10.5. The van der Waals surface area contributed by atoms with E-state index in [-0.39, 0.29) is 5.95 Å². The molecule has 2 N–H and O–H groups in total. The fraction of sp³-hybridized carbons (Fsp3) is 0.111. The number of hydrogen-bond donors (Lipinski definition) is 2. The van der Waals surface area contributed by atoms with Crippen LogP contribution in [0.15, 0.2) is 28.7 Å². The molecular weight excluding hydrogens is 183 g/mol. The third-order valence-corrected chi connectivity index (χ3v) is 2.01. The Bertz CT molecular complexity index is 449. The lowest BCUT2D eigenvalue weighted by Gasteiger charge is -1.99. The summed E-state index contributed by atoms with van der Waals surface area (Å²) in [4.78, 5) is 0. The smallest absolute Gasteiger partial charge is 0.484 e. The first kappa shape index (κ1) is 9.11. The molecule has 0 saturated heterocycles. The first-order valence-corrected chi connectivity index (χ1v) is 4.19. The van der Waals surface area contributed by atoms with E-state index in [9.17, 15) is 0 Å². The van der Waals surface area contributed by atoms with Crippen LogP contribution in [0.2, 0.25) is 0 Å². The van der Waals surface area contributed by atoms with Crippen molar-refractivity contribution in [2.24, 2.45) is 0 Å². The predicted molar refractivity (Wildman–Crippen MR) is 51.8 cm³/mol. The van der Waals surface area contributed by atoms with Crippen LogP contribution in [-0.4, -0.2) is 17.4 Å². The molecule has 0 aliphatic rings. The second kappa shape index (κ2) is 3.36. The van der Waals surface area contributed by atoms with Gasteiger partial charge in [-0.15, -0.1) is 0 Å². The summed E-state index contributed by atoms with van der Waals surface area (Å²) in [6, 6.07) is 7.39. The topological polar surface area (TPSA) is 62.8 Å². The van der Waals surface area contributed by atoms with E-state index in [1.807, 2.05) is 18.2 Å². The van der Waals surface area contributed by atoms with E-state index < -0.39 is 7.32 Å². The molecule has 0 amide bonds. The molecule has 0 aliphatic heterocycles. The van der Waals surface area contributed by atoms with E-state index in [1.54, 1.807) is 13.0 Å². The van der Waals surface area contributed by atoms with Crippen molar-refractivity contribution in [2.75, 3.05) is 0 Å². The minimum Gasteiger partial charge on any atom is -0.484 e. The molecular formula is C9H9BO4. The molecule has 5 heteroatoms. The lowest BCUT2D eigenvalue weighted by molar-refractivity contribution is 0.255. The number of para-hydroxylation sites is 1. The molecule has 0 atom stereocenters. The number of hydrogen-bond acceptors (Lipinski definition) is 4. The molecule has 0 spiro atoms. The monoisotopic (exact) mass is 192 g/mol. The SMILES string of the molecule is Cc1c(OB(O)O)oc2ccccc12. The Balaban J connectivity index is 2.51. The first-order valence-electron chi connectivity index (χ1n) is 4.19. The van der Waals surface area contributed by atoms with Gasteiger partial charge in [-0.1, -0.05) is 18.2 Å². The number of fused-ring (bicyclic) bond motifs is 1. The molecule has 0 aliphatic carbocycles. The zero-order valence-electron chi connectivity index (χ0n) is 7.60. The zero-order valence-corrected chi connectivity index (χ0v) is 7.60. The Kier molecular flexibility index (Phi) is 2.19. The molecule has 0 radical (unpaired) electrons. The van der Waals surface area contributed by atoms with E-state index in [4.69, 9.17) is 14.5 Å². The van der Waals surface area contributed by atoms with Crippen LogP contribution in [0.3, 0.4) is 0 Å². The summed E-state index contributed by atoms with van der Waals surface area (Å²) >= 11 is 0. The van der Waals surface area contributed by atoms with Gasteiger partial charge in [0.15, 0.2) is 0 Å². The van der Waals surface area contributed by atoms with Crippen molar-refractivity contribution in [3.63, 3.8) is 0 Å². The molecule has 0 saturated carbocycles. The van der Waals surface area contributed by atoms with E-state index in [0.29, 0.717) is 5.58 Å². The van der Waals surface area contributed by atoms with E-state index >= 15 is 0 Å². The third kappa shape index (κ3) is 1.47. The summed E-state index contributed by atoms with van der Waals surface area (Å²) < 4.78 is 9.94. The Morgan fingerprint density at radius 3 is 2.64 bits per heavy atom. The van der Waals surface area contributed by atoms with E-state index in [1.165, 1.54) is 0 Å². The molecule has 1 aromatic carbocycles. The highest BCUT2D eigenvalue weighted by molar-refractivity contribution is 6.33. The van der Waals surface area contributed by atoms with Crippen LogP contribution in [0.1, 0.15) is 5.56 Å². The van der Waals surface area contributed by atoms with E-state index in [2.05, 4.69) is 4.65 Å². The quantitative estimate of drug-likeness (QED) is 0.699. The first-order chi connectivity index (χ1) is 6.68. The third-order valence-electron chi connectivity index (χ3n) is 2.01. The minimum absolute atomic E-state index is 0.140.